The quantitative estimate of drug-likeness (QED) is 0.725. The second kappa shape index (κ2) is 4.87. The molecule has 0 atom stereocenters. The molecule has 4 heteroatoms. The number of hydrogen-bond acceptors (Lipinski definition) is 3. The summed E-state index contributed by atoms with van der Waals surface area (Å²) >= 11 is 0. The van der Waals surface area contributed by atoms with Crippen LogP contribution in [0.5, 0.6) is 0 Å². The van der Waals surface area contributed by atoms with Crippen molar-refractivity contribution < 1.29 is 14.6 Å². The Morgan fingerprint density at radius 1 is 1.44 bits per heavy atom. The Balaban J connectivity index is 2.01. The van der Waals surface area contributed by atoms with Crippen molar-refractivity contribution in [3.63, 3.8) is 0 Å². The lowest BCUT2D eigenvalue weighted by molar-refractivity contribution is -0.129. The van der Waals surface area contributed by atoms with Crippen molar-refractivity contribution in [1.29, 1.82) is 0 Å². The molecule has 1 amide bonds. The first-order valence-electron chi connectivity index (χ1n) is 5.98. The van der Waals surface area contributed by atoms with Crippen LogP contribution in [0.1, 0.15) is 32.6 Å². The zero-order valence-corrected chi connectivity index (χ0v) is 9.74. The highest BCUT2D eigenvalue weighted by molar-refractivity contribution is 5.94. The van der Waals surface area contributed by atoms with E-state index in [1.54, 1.807) is 0 Å². The number of aliphatic hydroxyl groups is 1. The first-order chi connectivity index (χ1) is 7.68. The first kappa shape index (κ1) is 11.5. The Morgan fingerprint density at radius 2 is 2.12 bits per heavy atom. The van der Waals surface area contributed by atoms with Crippen LogP contribution >= 0.6 is 0 Å². The minimum absolute atomic E-state index is 0.101. The van der Waals surface area contributed by atoms with Crippen LogP contribution in [0, 0.1) is 0 Å². The van der Waals surface area contributed by atoms with E-state index in [0.29, 0.717) is 25.9 Å². The molecule has 0 bridgehead atoms. The van der Waals surface area contributed by atoms with Crippen molar-refractivity contribution in [2.75, 3.05) is 19.7 Å². The van der Waals surface area contributed by atoms with Gasteiger partial charge in [-0.3, -0.25) is 4.79 Å². The van der Waals surface area contributed by atoms with Gasteiger partial charge < -0.3 is 14.7 Å². The average Bonchev–Trinajstić information content (AvgIpc) is 2.30. The summed E-state index contributed by atoms with van der Waals surface area (Å²) in [7, 11) is 0. The lowest BCUT2D eigenvalue weighted by atomic mass is 10.0. The van der Waals surface area contributed by atoms with Crippen molar-refractivity contribution in [1.82, 2.24) is 4.90 Å². The Morgan fingerprint density at radius 3 is 2.75 bits per heavy atom. The molecule has 1 fully saturated rings. The van der Waals surface area contributed by atoms with Gasteiger partial charge in [0.05, 0.1) is 18.3 Å². The lowest BCUT2D eigenvalue weighted by Crippen LogP contribution is -2.41. The number of aliphatic hydroxyl groups excluding tert-OH is 1. The number of ether oxygens (including phenoxy) is 1. The number of nitrogens with zero attached hydrogens (tertiary/aromatic N) is 1. The van der Waals surface area contributed by atoms with Gasteiger partial charge in [-0.15, -0.1) is 0 Å². The summed E-state index contributed by atoms with van der Waals surface area (Å²) in [6, 6.07) is 0. The van der Waals surface area contributed by atoms with Crippen LogP contribution in [-0.4, -0.2) is 41.7 Å². The molecule has 0 unspecified atom stereocenters. The van der Waals surface area contributed by atoms with Gasteiger partial charge in [0.25, 0.3) is 5.91 Å². The second-order valence-corrected chi connectivity index (χ2v) is 4.51. The Bertz CT molecular complexity index is 303. The van der Waals surface area contributed by atoms with Crippen molar-refractivity contribution in [3.05, 3.63) is 11.3 Å². The van der Waals surface area contributed by atoms with Gasteiger partial charge in [0, 0.05) is 13.1 Å². The number of hydrogen-bond donors (Lipinski definition) is 1. The van der Waals surface area contributed by atoms with Gasteiger partial charge in [0.2, 0.25) is 0 Å². The summed E-state index contributed by atoms with van der Waals surface area (Å²) in [5.74, 6) is 0.881. The fraction of sp³-hybridized carbons (Fsp3) is 0.750. The number of piperidine rings is 1. The summed E-state index contributed by atoms with van der Waals surface area (Å²) < 4.78 is 5.41. The molecule has 2 heterocycles. The molecule has 0 aliphatic carbocycles. The molecule has 4 nitrogen and oxygen atoms in total. The highest BCUT2D eigenvalue weighted by Crippen LogP contribution is 2.22. The number of allylic oxidation sites excluding steroid dienone is 1. The van der Waals surface area contributed by atoms with E-state index >= 15 is 0 Å². The number of carbonyl (C=O) groups is 1. The summed E-state index contributed by atoms with van der Waals surface area (Å²) in [5, 5.41) is 9.40. The highest BCUT2D eigenvalue weighted by Gasteiger charge is 2.26. The van der Waals surface area contributed by atoms with Crippen LogP contribution in [0.15, 0.2) is 11.3 Å². The molecule has 2 aliphatic heterocycles. The SMILES string of the molecule is CC1=C(C(=O)N2CCC(O)CC2)CCCO1. The lowest BCUT2D eigenvalue weighted by Gasteiger charge is -2.31. The van der Waals surface area contributed by atoms with Crippen LogP contribution in [0.3, 0.4) is 0 Å². The van der Waals surface area contributed by atoms with Gasteiger partial charge in [-0.05, 0) is 32.6 Å². The maximum Gasteiger partial charge on any atom is 0.253 e. The molecule has 0 saturated carbocycles. The molecule has 0 aromatic heterocycles. The fourth-order valence-electron chi connectivity index (χ4n) is 2.25. The molecule has 16 heavy (non-hydrogen) atoms. The van der Waals surface area contributed by atoms with Gasteiger partial charge in [0.1, 0.15) is 5.76 Å². The molecule has 0 aromatic carbocycles. The third-order valence-electron chi connectivity index (χ3n) is 3.32. The molecule has 90 valence electrons. The Labute approximate surface area is 95.9 Å². The summed E-state index contributed by atoms with van der Waals surface area (Å²) in [4.78, 5) is 14.0. The van der Waals surface area contributed by atoms with E-state index in [-0.39, 0.29) is 12.0 Å². The average molecular weight is 225 g/mol. The van der Waals surface area contributed by atoms with Gasteiger partial charge in [-0.25, -0.2) is 0 Å². The summed E-state index contributed by atoms with van der Waals surface area (Å²) in [6.45, 7) is 3.92. The van der Waals surface area contributed by atoms with E-state index in [4.69, 9.17) is 4.74 Å². The molecule has 0 spiro atoms. The topological polar surface area (TPSA) is 49.8 Å². The molecule has 2 rings (SSSR count). The second-order valence-electron chi connectivity index (χ2n) is 4.51. The van der Waals surface area contributed by atoms with Gasteiger partial charge in [-0.1, -0.05) is 0 Å². The number of likely N-dealkylation sites (tertiary alicyclic amines) is 1. The molecular formula is C12H19NO3. The normalized spacial score (nSPS) is 23.2. The third-order valence-corrected chi connectivity index (χ3v) is 3.32. The maximum absolute atomic E-state index is 12.2. The van der Waals surface area contributed by atoms with Crippen molar-refractivity contribution in [2.45, 2.75) is 38.7 Å². The van der Waals surface area contributed by atoms with E-state index in [0.717, 1.165) is 30.8 Å². The molecule has 1 N–H and O–H groups in total. The van der Waals surface area contributed by atoms with Crippen LogP contribution in [0.25, 0.3) is 0 Å². The van der Waals surface area contributed by atoms with Crippen LogP contribution in [0.4, 0.5) is 0 Å². The molecule has 2 aliphatic rings. The van der Waals surface area contributed by atoms with E-state index in [1.165, 1.54) is 0 Å². The summed E-state index contributed by atoms with van der Waals surface area (Å²) in [6.07, 6.45) is 2.90. The number of carbonyl (C=O) groups excluding carboxylic acids is 1. The zero-order chi connectivity index (χ0) is 11.5. The first-order valence-corrected chi connectivity index (χ1v) is 5.98. The van der Waals surface area contributed by atoms with Gasteiger partial charge in [0.15, 0.2) is 0 Å². The Kier molecular flexibility index (Phi) is 3.49. The van der Waals surface area contributed by atoms with E-state index in [9.17, 15) is 9.90 Å². The maximum atomic E-state index is 12.2. The highest BCUT2D eigenvalue weighted by atomic mass is 16.5. The standard InChI is InChI=1S/C12H19NO3/c1-9-11(3-2-8-16-9)12(15)13-6-4-10(14)5-7-13/h10,14H,2-8H2,1H3. The smallest absolute Gasteiger partial charge is 0.253 e. The molecule has 1 saturated heterocycles. The van der Waals surface area contributed by atoms with Crippen LogP contribution in [-0.2, 0) is 9.53 Å². The zero-order valence-electron chi connectivity index (χ0n) is 9.74. The third kappa shape index (κ3) is 2.38. The number of rotatable bonds is 1. The number of amides is 1. The van der Waals surface area contributed by atoms with E-state index < -0.39 is 0 Å². The van der Waals surface area contributed by atoms with E-state index in [2.05, 4.69) is 0 Å². The van der Waals surface area contributed by atoms with Gasteiger partial charge in [-0.2, -0.15) is 0 Å². The molecule has 0 aromatic rings. The fourth-order valence-corrected chi connectivity index (χ4v) is 2.25. The minimum Gasteiger partial charge on any atom is -0.498 e. The van der Waals surface area contributed by atoms with Crippen molar-refractivity contribution in [2.24, 2.45) is 0 Å². The van der Waals surface area contributed by atoms with Crippen molar-refractivity contribution >= 4 is 5.91 Å². The minimum atomic E-state index is -0.235. The largest absolute Gasteiger partial charge is 0.498 e. The molecular weight excluding hydrogens is 206 g/mol. The van der Waals surface area contributed by atoms with Crippen LogP contribution < -0.4 is 0 Å². The van der Waals surface area contributed by atoms with E-state index in [1.807, 2.05) is 11.8 Å². The van der Waals surface area contributed by atoms with Crippen molar-refractivity contribution in [3.8, 4) is 0 Å². The monoisotopic (exact) mass is 225 g/mol. The molecule has 0 radical (unpaired) electrons. The van der Waals surface area contributed by atoms with Crippen LogP contribution in [0.2, 0.25) is 0 Å². The van der Waals surface area contributed by atoms with Gasteiger partial charge >= 0.3 is 0 Å². The Hall–Kier alpha value is -1.03. The summed E-state index contributed by atoms with van der Waals surface area (Å²) in [5.41, 5.74) is 0.822. The predicted molar refractivity (Wildman–Crippen MR) is 59.7 cm³/mol. The predicted octanol–water partition coefficient (Wildman–Crippen LogP) is 1.05.